The first-order valence-electron chi connectivity index (χ1n) is 11.8. The summed E-state index contributed by atoms with van der Waals surface area (Å²) in [6, 6.07) is 16.0. The number of aryl methyl sites for hydroxylation is 1. The average Bonchev–Trinajstić information content (AvgIpc) is 3.07. The zero-order valence-electron chi connectivity index (χ0n) is 20.3. The van der Waals surface area contributed by atoms with Crippen LogP contribution in [-0.2, 0) is 29.0 Å². The maximum Gasteiger partial charge on any atom is 0.224 e. The van der Waals surface area contributed by atoms with E-state index in [4.69, 9.17) is 16.3 Å². The van der Waals surface area contributed by atoms with E-state index in [1.807, 2.05) is 42.8 Å². The number of nitrogens with one attached hydrogen (secondary N) is 1. The summed E-state index contributed by atoms with van der Waals surface area (Å²) >= 11 is 6.00. The molecule has 0 aliphatic carbocycles. The second-order valence-electron chi connectivity index (χ2n) is 9.26. The lowest BCUT2D eigenvalue weighted by Gasteiger charge is -2.35. The molecule has 1 aliphatic rings. The second-order valence-corrected chi connectivity index (χ2v) is 9.70. The number of carbonyl (C=O) groups excluding carboxylic acids is 1. The molecule has 34 heavy (non-hydrogen) atoms. The molecular formula is C27H33ClN4O2. The van der Waals surface area contributed by atoms with Crippen LogP contribution >= 0.6 is 11.6 Å². The summed E-state index contributed by atoms with van der Waals surface area (Å²) in [6.45, 7) is 11.5. The van der Waals surface area contributed by atoms with Gasteiger partial charge in [0.2, 0.25) is 5.91 Å². The summed E-state index contributed by atoms with van der Waals surface area (Å²) in [4.78, 5) is 15.1. The number of aromatic nitrogens is 2. The van der Waals surface area contributed by atoms with Crippen LogP contribution in [0.3, 0.4) is 0 Å². The molecule has 1 saturated heterocycles. The highest BCUT2D eigenvalue weighted by molar-refractivity contribution is 6.30. The molecule has 7 heteroatoms. The van der Waals surface area contributed by atoms with Gasteiger partial charge in [-0.15, -0.1) is 0 Å². The minimum Gasteiger partial charge on any atom is -0.373 e. The van der Waals surface area contributed by atoms with Crippen molar-refractivity contribution >= 4 is 17.5 Å². The Morgan fingerprint density at radius 1 is 1.03 bits per heavy atom. The van der Waals surface area contributed by atoms with Crippen molar-refractivity contribution in [2.75, 3.05) is 13.1 Å². The third kappa shape index (κ3) is 6.06. The van der Waals surface area contributed by atoms with Crippen LogP contribution in [0.2, 0.25) is 5.02 Å². The fourth-order valence-electron chi connectivity index (χ4n) is 4.62. The van der Waals surface area contributed by atoms with E-state index < -0.39 is 0 Å². The first-order chi connectivity index (χ1) is 16.3. The number of rotatable bonds is 7. The van der Waals surface area contributed by atoms with E-state index in [0.717, 1.165) is 47.8 Å². The Hall–Kier alpha value is -2.67. The number of halogens is 1. The maximum absolute atomic E-state index is 12.7. The number of benzene rings is 2. The van der Waals surface area contributed by atoms with Crippen molar-refractivity contribution in [3.63, 3.8) is 0 Å². The normalized spacial score (nSPS) is 18.7. The lowest BCUT2D eigenvalue weighted by Crippen LogP contribution is -2.44. The summed E-state index contributed by atoms with van der Waals surface area (Å²) < 4.78 is 7.68. The molecule has 2 atom stereocenters. The Labute approximate surface area is 206 Å². The van der Waals surface area contributed by atoms with E-state index in [-0.39, 0.29) is 18.1 Å². The molecule has 0 spiro atoms. The molecule has 3 aromatic rings. The topological polar surface area (TPSA) is 59.4 Å². The van der Waals surface area contributed by atoms with Gasteiger partial charge in [0.1, 0.15) is 0 Å². The summed E-state index contributed by atoms with van der Waals surface area (Å²) in [5.74, 6) is -0.0118. The number of carbonyl (C=O) groups is 1. The highest BCUT2D eigenvalue weighted by Crippen LogP contribution is 2.20. The maximum atomic E-state index is 12.7. The molecule has 1 aromatic heterocycles. The van der Waals surface area contributed by atoms with Crippen LogP contribution in [0.15, 0.2) is 48.5 Å². The van der Waals surface area contributed by atoms with Crippen molar-refractivity contribution < 1.29 is 9.53 Å². The van der Waals surface area contributed by atoms with Crippen LogP contribution in [-0.4, -0.2) is 45.9 Å². The number of morpholine rings is 1. The highest BCUT2D eigenvalue weighted by Gasteiger charge is 2.22. The van der Waals surface area contributed by atoms with Crippen LogP contribution in [0.1, 0.15) is 41.9 Å². The van der Waals surface area contributed by atoms with Gasteiger partial charge in [-0.05, 0) is 63.1 Å². The Balaban J connectivity index is 1.31. The summed E-state index contributed by atoms with van der Waals surface area (Å²) in [7, 11) is 0. The van der Waals surface area contributed by atoms with Gasteiger partial charge in [0.25, 0.3) is 0 Å². The SMILES string of the molecule is Cc1nn(-c2ccc(Cl)cc2)c(C)c1CC(=O)NCc1ccc(CN2CC(C)OC(C)C2)cc1. The fraction of sp³-hybridized carbons (Fsp3) is 0.407. The molecule has 6 nitrogen and oxygen atoms in total. The Kier molecular flexibility index (Phi) is 7.71. The van der Waals surface area contributed by atoms with Crippen LogP contribution in [0.5, 0.6) is 0 Å². The zero-order chi connectivity index (χ0) is 24.2. The van der Waals surface area contributed by atoms with E-state index in [9.17, 15) is 4.79 Å². The highest BCUT2D eigenvalue weighted by atomic mass is 35.5. The molecule has 1 fully saturated rings. The van der Waals surface area contributed by atoms with Gasteiger partial charge in [-0.25, -0.2) is 4.68 Å². The van der Waals surface area contributed by atoms with Crippen molar-refractivity contribution in [2.24, 2.45) is 0 Å². The third-order valence-corrected chi connectivity index (χ3v) is 6.52. The molecule has 0 radical (unpaired) electrons. The molecule has 2 heterocycles. The van der Waals surface area contributed by atoms with Gasteiger partial charge in [0, 0.05) is 42.5 Å². The van der Waals surface area contributed by atoms with Crippen molar-refractivity contribution in [1.29, 1.82) is 0 Å². The number of amides is 1. The van der Waals surface area contributed by atoms with E-state index in [0.29, 0.717) is 18.0 Å². The Morgan fingerprint density at radius 2 is 1.65 bits per heavy atom. The van der Waals surface area contributed by atoms with Gasteiger partial charge >= 0.3 is 0 Å². The third-order valence-electron chi connectivity index (χ3n) is 6.26. The van der Waals surface area contributed by atoms with Crippen molar-refractivity contribution in [2.45, 2.75) is 59.4 Å². The largest absolute Gasteiger partial charge is 0.373 e. The summed E-state index contributed by atoms with van der Waals surface area (Å²) in [5.41, 5.74) is 6.07. The molecule has 1 aliphatic heterocycles. The number of ether oxygens (including phenoxy) is 1. The lowest BCUT2D eigenvalue weighted by molar-refractivity contribution is -0.120. The first kappa shape index (κ1) is 24.5. The van der Waals surface area contributed by atoms with Crippen LogP contribution in [0, 0.1) is 13.8 Å². The molecule has 1 N–H and O–H groups in total. The predicted molar refractivity (Wildman–Crippen MR) is 135 cm³/mol. The van der Waals surface area contributed by atoms with E-state index in [1.165, 1.54) is 5.56 Å². The van der Waals surface area contributed by atoms with Gasteiger partial charge < -0.3 is 10.1 Å². The average molecular weight is 481 g/mol. The van der Waals surface area contributed by atoms with Crippen LogP contribution in [0.25, 0.3) is 5.69 Å². The van der Waals surface area contributed by atoms with Gasteiger partial charge in [-0.3, -0.25) is 9.69 Å². The fourth-order valence-corrected chi connectivity index (χ4v) is 4.75. The second kappa shape index (κ2) is 10.7. The zero-order valence-corrected chi connectivity index (χ0v) is 21.1. The van der Waals surface area contributed by atoms with Crippen molar-refractivity contribution in [1.82, 2.24) is 20.0 Å². The molecular weight excluding hydrogens is 448 g/mol. The Morgan fingerprint density at radius 3 is 2.29 bits per heavy atom. The smallest absolute Gasteiger partial charge is 0.224 e. The van der Waals surface area contributed by atoms with E-state index >= 15 is 0 Å². The van der Waals surface area contributed by atoms with Crippen LogP contribution < -0.4 is 5.32 Å². The number of nitrogens with zero attached hydrogens (tertiary/aromatic N) is 3. The molecule has 180 valence electrons. The van der Waals surface area contributed by atoms with Crippen LogP contribution in [0.4, 0.5) is 0 Å². The number of hydrogen-bond donors (Lipinski definition) is 1. The molecule has 0 bridgehead atoms. The van der Waals surface area contributed by atoms with E-state index in [2.05, 4.69) is 53.4 Å². The molecule has 4 rings (SSSR count). The van der Waals surface area contributed by atoms with Gasteiger partial charge in [0.05, 0.1) is 30.0 Å². The van der Waals surface area contributed by atoms with Crippen molar-refractivity contribution in [3.8, 4) is 5.69 Å². The van der Waals surface area contributed by atoms with Gasteiger partial charge in [-0.1, -0.05) is 35.9 Å². The Bertz CT molecular complexity index is 1110. The quantitative estimate of drug-likeness (QED) is 0.536. The molecule has 0 saturated carbocycles. The monoisotopic (exact) mass is 480 g/mol. The molecule has 1 amide bonds. The van der Waals surface area contributed by atoms with E-state index in [1.54, 1.807) is 0 Å². The predicted octanol–water partition coefficient (Wildman–Crippen LogP) is 4.61. The first-order valence-corrected chi connectivity index (χ1v) is 12.2. The lowest BCUT2D eigenvalue weighted by atomic mass is 10.1. The molecule has 2 aromatic carbocycles. The molecule has 2 unspecified atom stereocenters. The number of hydrogen-bond acceptors (Lipinski definition) is 4. The minimum absolute atomic E-state index is 0.0118. The summed E-state index contributed by atoms with van der Waals surface area (Å²) in [6.07, 6.45) is 0.837. The van der Waals surface area contributed by atoms with Crippen molar-refractivity contribution in [3.05, 3.63) is 81.6 Å². The standard InChI is InChI=1S/C27H33ClN4O2/c1-18-15-31(16-19(2)34-18)17-23-7-5-22(6-8-23)14-29-27(33)13-26-20(3)30-32(21(26)4)25-11-9-24(28)10-12-25/h5-12,18-19H,13-17H2,1-4H3,(H,29,33). The van der Waals surface area contributed by atoms with Gasteiger partial charge in [-0.2, -0.15) is 5.10 Å². The minimum atomic E-state index is -0.0118. The summed E-state index contributed by atoms with van der Waals surface area (Å²) in [5, 5.41) is 8.36. The van der Waals surface area contributed by atoms with Gasteiger partial charge in [0.15, 0.2) is 0 Å².